The number of thiocarbonyl (C=S) groups is 2. The summed E-state index contributed by atoms with van der Waals surface area (Å²) in [6.45, 7) is 2.57. The van der Waals surface area contributed by atoms with Crippen LogP contribution >= 0.6 is 24.4 Å². The second kappa shape index (κ2) is 17.0. The maximum atomic E-state index is 12.3. The number of amides is 4. The van der Waals surface area contributed by atoms with E-state index >= 15 is 0 Å². The maximum Gasteiger partial charge on any atom is 0.413 e. The van der Waals surface area contributed by atoms with Gasteiger partial charge in [-0.1, -0.05) is 37.6 Å². The van der Waals surface area contributed by atoms with Crippen LogP contribution in [0.2, 0.25) is 0 Å². The molecular weight excluding hydrogens is 600 g/mol. The molecule has 15 nitrogen and oxygen atoms in total. The van der Waals surface area contributed by atoms with Gasteiger partial charge in [0.15, 0.2) is 10.2 Å². The number of carboxylic acid groups (broad SMARTS) is 1. The summed E-state index contributed by atoms with van der Waals surface area (Å²) in [7, 11) is 3.81. The molecule has 1 aromatic heterocycles. The fraction of sp³-hybridized carbons (Fsp3) is 0.269. The third-order valence-electron chi connectivity index (χ3n) is 5.37. The Labute approximate surface area is 257 Å². The second-order valence-corrected chi connectivity index (χ2v) is 9.17. The lowest BCUT2D eigenvalue weighted by molar-refractivity contribution is 0.176. The molecule has 0 saturated heterocycles. The van der Waals surface area contributed by atoms with E-state index in [4.69, 9.17) is 29.5 Å². The Bertz CT molecular complexity index is 1430. The van der Waals surface area contributed by atoms with Crippen LogP contribution in [0.4, 0.5) is 36.5 Å². The summed E-state index contributed by atoms with van der Waals surface area (Å²) in [5.74, 6) is 0.0812. The average molecular weight is 633 g/mol. The predicted octanol–water partition coefficient (Wildman–Crippen LogP) is 4.30. The number of rotatable bonds is 6. The number of alkyl carbamates (subject to hydrolysis) is 2. The van der Waals surface area contributed by atoms with Crippen molar-refractivity contribution >= 4 is 87.3 Å². The molecule has 3 aromatic rings. The van der Waals surface area contributed by atoms with E-state index in [0.717, 1.165) is 17.7 Å². The van der Waals surface area contributed by atoms with E-state index in [0.29, 0.717) is 29.0 Å². The van der Waals surface area contributed by atoms with Crippen LogP contribution in [0.3, 0.4) is 0 Å². The van der Waals surface area contributed by atoms with Gasteiger partial charge in [0.05, 0.1) is 36.6 Å². The minimum Gasteiger partial charge on any atom is -0.465 e. The Morgan fingerprint density at radius 1 is 0.907 bits per heavy atom. The highest BCUT2D eigenvalue weighted by Crippen LogP contribution is 2.22. The molecule has 0 fully saturated rings. The van der Waals surface area contributed by atoms with Gasteiger partial charge in [-0.15, -0.1) is 0 Å². The Kier molecular flexibility index (Phi) is 13.5. The van der Waals surface area contributed by atoms with Crippen molar-refractivity contribution in [1.29, 1.82) is 0 Å². The van der Waals surface area contributed by atoms with Gasteiger partial charge in [-0.05, 0) is 55.1 Å². The van der Waals surface area contributed by atoms with Crippen LogP contribution in [0.15, 0.2) is 48.5 Å². The third-order valence-corrected chi connectivity index (χ3v) is 5.77. The summed E-state index contributed by atoms with van der Waals surface area (Å²) in [5.41, 5.74) is 2.23. The minimum absolute atomic E-state index is 0.0490. The summed E-state index contributed by atoms with van der Waals surface area (Å²) in [6, 6.07) is 13.6. The van der Waals surface area contributed by atoms with Gasteiger partial charge in [-0.2, -0.15) is 0 Å². The first kappa shape index (κ1) is 34.2. The quantitative estimate of drug-likeness (QED) is 0.167. The number of benzene rings is 2. The number of aromatic nitrogens is 2. The fourth-order valence-electron chi connectivity index (χ4n) is 3.27. The number of carbonyl (C=O) groups excluding carboxylic acids is 3. The summed E-state index contributed by atoms with van der Waals surface area (Å²) in [6.07, 6.45) is -0.723. The molecule has 43 heavy (non-hydrogen) atoms. The number of nitrogens with zero attached hydrogens (tertiary/aromatic N) is 3. The molecule has 3 rings (SSSR count). The number of fused-ring (bicyclic) bond motifs is 1. The number of carbonyl (C=O) groups is 4. The van der Waals surface area contributed by atoms with Crippen molar-refractivity contribution in [2.75, 3.05) is 43.3 Å². The van der Waals surface area contributed by atoms with Crippen LogP contribution in [-0.4, -0.2) is 77.0 Å². The highest BCUT2D eigenvalue weighted by atomic mass is 32.1. The largest absolute Gasteiger partial charge is 0.465 e. The number of hydrogen-bond acceptors (Lipinski definition) is 9. The first-order valence-electron chi connectivity index (χ1n) is 12.7. The standard InChI is InChI=1S/C14H18N4O3.C12H14N4O4S2/c1-3-4-9-15-13(19)18-11-8-6-5-7-10(11)16-12(18)17(2)14(20)21;1-19-11(17)15-9(21)13-7-5-3-4-6-8(7)14-10(22)16-12(18)20-2/h5-8H,3-4,9H2,1-2H3,(H,15,19)(H,20,21);3-6H,1-2H3,(H2,13,15,17,21)(H2,14,16,18,22). The zero-order chi connectivity index (χ0) is 31.9. The van der Waals surface area contributed by atoms with Crippen LogP contribution in [-0.2, 0) is 9.47 Å². The van der Waals surface area contributed by atoms with Crippen molar-refractivity contribution in [3.63, 3.8) is 0 Å². The number of methoxy groups -OCH3 is 2. The molecule has 6 N–H and O–H groups in total. The monoisotopic (exact) mass is 632 g/mol. The maximum absolute atomic E-state index is 12.3. The molecule has 0 radical (unpaired) electrons. The molecule has 0 unspecified atom stereocenters. The Balaban J connectivity index is 0.000000300. The Morgan fingerprint density at radius 2 is 1.42 bits per heavy atom. The van der Waals surface area contributed by atoms with E-state index in [1.807, 2.05) is 6.92 Å². The van der Waals surface area contributed by atoms with Gasteiger partial charge in [-0.25, -0.2) is 33.6 Å². The molecule has 0 aliphatic carbocycles. The lowest BCUT2D eigenvalue weighted by Gasteiger charge is -2.15. The zero-order valence-electron chi connectivity index (χ0n) is 23.8. The van der Waals surface area contributed by atoms with E-state index < -0.39 is 18.3 Å². The molecule has 0 saturated carbocycles. The molecule has 0 aliphatic rings. The highest BCUT2D eigenvalue weighted by Gasteiger charge is 2.22. The molecular formula is C26H32N8O7S2. The number of para-hydroxylation sites is 4. The minimum atomic E-state index is -1.17. The fourth-order valence-corrected chi connectivity index (χ4v) is 3.66. The van der Waals surface area contributed by atoms with Crippen LogP contribution in [0.25, 0.3) is 11.0 Å². The molecule has 0 aliphatic heterocycles. The van der Waals surface area contributed by atoms with E-state index in [-0.39, 0.29) is 22.2 Å². The first-order chi connectivity index (χ1) is 20.5. The van der Waals surface area contributed by atoms with E-state index in [1.54, 1.807) is 48.5 Å². The molecule has 0 spiro atoms. The van der Waals surface area contributed by atoms with Crippen LogP contribution in [0.1, 0.15) is 19.8 Å². The lowest BCUT2D eigenvalue weighted by Crippen LogP contribution is -2.35. The summed E-state index contributed by atoms with van der Waals surface area (Å²) in [4.78, 5) is 50.8. The first-order valence-corrected chi connectivity index (χ1v) is 13.5. The van der Waals surface area contributed by atoms with Crippen LogP contribution in [0.5, 0.6) is 0 Å². The van der Waals surface area contributed by atoms with Gasteiger partial charge in [-0.3, -0.25) is 10.6 Å². The Hall–Kier alpha value is -5.03. The van der Waals surface area contributed by atoms with E-state index in [9.17, 15) is 19.2 Å². The topological polar surface area (TPSA) is 188 Å². The smallest absolute Gasteiger partial charge is 0.413 e. The highest BCUT2D eigenvalue weighted by molar-refractivity contribution is 7.80. The summed E-state index contributed by atoms with van der Waals surface area (Å²) < 4.78 is 10.2. The van der Waals surface area contributed by atoms with E-state index in [1.165, 1.54) is 25.8 Å². The number of anilines is 3. The van der Waals surface area contributed by atoms with Gasteiger partial charge in [0.2, 0.25) is 5.95 Å². The summed E-state index contributed by atoms with van der Waals surface area (Å²) >= 11 is 9.93. The van der Waals surface area contributed by atoms with E-state index in [2.05, 4.69) is 41.0 Å². The third kappa shape index (κ3) is 10.4. The predicted molar refractivity (Wildman–Crippen MR) is 170 cm³/mol. The number of imidazole rings is 1. The molecule has 17 heteroatoms. The van der Waals surface area contributed by atoms with Gasteiger partial charge >= 0.3 is 24.3 Å². The normalized spacial score (nSPS) is 9.86. The van der Waals surface area contributed by atoms with Crippen LogP contribution < -0.4 is 31.5 Å². The van der Waals surface area contributed by atoms with Crippen molar-refractivity contribution in [2.24, 2.45) is 0 Å². The van der Waals surface area contributed by atoms with Gasteiger partial charge in [0, 0.05) is 13.6 Å². The second-order valence-electron chi connectivity index (χ2n) is 8.35. The molecule has 2 aromatic carbocycles. The van der Waals surface area contributed by atoms with Crippen molar-refractivity contribution in [3.8, 4) is 0 Å². The molecule has 4 amide bonds. The van der Waals surface area contributed by atoms with Crippen molar-refractivity contribution in [2.45, 2.75) is 19.8 Å². The lowest BCUT2D eigenvalue weighted by atomic mass is 10.2. The number of unbranched alkanes of at least 4 members (excludes halogenated alkanes) is 1. The molecule has 0 bridgehead atoms. The molecule has 1 heterocycles. The van der Waals surface area contributed by atoms with Gasteiger partial charge < -0.3 is 30.5 Å². The number of nitrogens with one attached hydrogen (secondary N) is 5. The van der Waals surface area contributed by atoms with Crippen molar-refractivity contribution in [3.05, 3.63) is 48.5 Å². The SMILES string of the molecule is CCCCNC(=O)n1c(N(C)C(=O)O)nc2ccccc21.COC(=O)NC(=S)Nc1ccccc1NC(=S)NC(=O)OC. The number of hydrogen-bond donors (Lipinski definition) is 6. The zero-order valence-corrected chi connectivity index (χ0v) is 25.4. The van der Waals surface area contributed by atoms with Crippen molar-refractivity contribution < 1.29 is 33.8 Å². The van der Waals surface area contributed by atoms with Crippen LogP contribution in [0, 0.1) is 0 Å². The van der Waals surface area contributed by atoms with Crippen molar-refractivity contribution in [1.82, 2.24) is 25.5 Å². The van der Waals surface area contributed by atoms with Gasteiger partial charge in [0.25, 0.3) is 0 Å². The average Bonchev–Trinajstić information content (AvgIpc) is 3.37. The number of ether oxygens (including phenoxy) is 2. The summed E-state index contributed by atoms with van der Waals surface area (Å²) in [5, 5.41) is 22.2. The van der Waals surface area contributed by atoms with Gasteiger partial charge in [0.1, 0.15) is 0 Å². The molecule has 230 valence electrons. The Morgan fingerprint density at radius 3 is 1.91 bits per heavy atom. The molecule has 0 atom stereocenters.